The fraction of sp³-hybridized carbons (Fsp3) is 1.00. The Morgan fingerprint density at radius 1 is 1.09 bits per heavy atom. The maximum absolute atomic E-state index is 10.2. The zero-order valence-corrected chi connectivity index (χ0v) is 14.0. The van der Waals surface area contributed by atoms with Gasteiger partial charge in [0.2, 0.25) is 5.79 Å². The van der Waals surface area contributed by atoms with Crippen LogP contribution < -0.4 is 0 Å². The van der Waals surface area contributed by atoms with E-state index in [2.05, 4.69) is 0 Å². The summed E-state index contributed by atoms with van der Waals surface area (Å²) in [6.07, 6.45) is -8.41. The molecule has 0 amide bonds. The highest BCUT2D eigenvalue weighted by atomic mass is 35.5. The molecule has 10 heteroatoms. The van der Waals surface area contributed by atoms with Gasteiger partial charge in [0.1, 0.15) is 30.5 Å². The lowest BCUT2D eigenvalue weighted by molar-refractivity contribution is -0.358. The molecule has 0 unspecified atom stereocenters. The lowest BCUT2D eigenvalue weighted by Crippen LogP contribution is -2.61. The smallest absolute Gasteiger partial charge is 0.214 e. The Morgan fingerprint density at radius 3 is 2.22 bits per heavy atom. The Kier molecular flexibility index (Phi) is 6.52. The Bertz CT molecular complexity index is 400. The average Bonchev–Trinajstić information content (AvgIpc) is 2.80. The van der Waals surface area contributed by atoms with Gasteiger partial charge in [0, 0.05) is 0 Å². The zero-order valence-electron chi connectivity index (χ0n) is 12.5. The van der Waals surface area contributed by atoms with Crippen LogP contribution in [0.1, 0.15) is 13.3 Å². The first kappa shape index (κ1) is 19.6. The van der Waals surface area contributed by atoms with Crippen molar-refractivity contribution in [2.24, 2.45) is 0 Å². The van der Waals surface area contributed by atoms with Crippen molar-refractivity contribution in [3.8, 4) is 0 Å². The second kappa shape index (κ2) is 7.65. The predicted molar refractivity (Wildman–Crippen MR) is 79.1 cm³/mol. The predicted octanol–water partition coefficient (Wildman–Crippen LogP) is -1.48. The molecular formula is C13H22Cl2O8. The van der Waals surface area contributed by atoms with Gasteiger partial charge in [-0.1, -0.05) is 6.92 Å². The number of aliphatic hydroxyl groups is 5. The summed E-state index contributed by atoms with van der Waals surface area (Å²) in [5.41, 5.74) is 0. The van der Waals surface area contributed by atoms with E-state index >= 15 is 0 Å². The summed E-state index contributed by atoms with van der Waals surface area (Å²) >= 11 is 11.7. The van der Waals surface area contributed by atoms with Crippen LogP contribution in [-0.2, 0) is 14.2 Å². The van der Waals surface area contributed by atoms with Crippen molar-refractivity contribution in [1.82, 2.24) is 0 Å². The molecule has 0 aromatic heterocycles. The number of aliphatic hydroxyl groups excluding tert-OH is 5. The Hall–Kier alpha value is 0.260. The number of hydrogen-bond acceptors (Lipinski definition) is 8. The van der Waals surface area contributed by atoms with Gasteiger partial charge in [-0.25, -0.2) is 0 Å². The van der Waals surface area contributed by atoms with Crippen LogP contribution in [-0.4, -0.2) is 92.1 Å². The molecule has 0 aromatic carbocycles. The van der Waals surface area contributed by atoms with E-state index in [0.29, 0.717) is 6.42 Å². The molecule has 23 heavy (non-hydrogen) atoms. The molecule has 0 aliphatic carbocycles. The molecule has 136 valence electrons. The monoisotopic (exact) mass is 376 g/mol. The van der Waals surface area contributed by atoms with E-state index in [0.717, 1.165) is 0 Å². The van der Waals surface area contributed by atoms with Gasteiger partial charge in [0.05, 0.1) is 24.0 Å². The van der Waals surface area contributed by atoms with Crippen molar-refractivity contribution in [3.63, 3.8) is 0 Å². The van der Waals surface area contributed by atoms with Crippen LogP contribution in [0.3, 0.4) is 0 Å². The minimum atomic E-state index is -1.81. The molecule has 2 aliphatic rings. The van der Waals surface area contributed by atoms with Gasteiger partial charge < -0.3 is 39.7 Å². The topological polar surface area (TPSA) is 129 Å². The molecule has 2 rings (SSSR count). The molecule has 8 nitrogen and oxygen atoms in total. The minimum Gasteiger partial charge on any atom is -0.394 e. The van der Waals surface area contributed by atoms with Gasteiger partial charge in [-0.15, -0.1) is 23.2 Å². The van der Waals surface area contributed by atoms with Gasteiger partial charge in [0.15, 0.2) is 6.29 Å². The van der Waals surface area contributed by atoms with E-state index < -0.39 is 60.7 Å². The first-order valence-electron chi connectivity index (χ1n) is 7.35. The zero-order chi connectivity index (χ0) is 17.4. The van der Waals surface area contributed by atoms with Crippen LogP contribution in [0.4, 0.5) is 0 Å². The summed E-state index contributed by atoms with van der Waals surface area (Å²) in [5.74, 6) is -2.16. The largest absolute Gasteiger partial charge is 0.394 e. The van der Waals surface area contributed by atoms with E-state index in [4.69, 9.17) is 37.4 Å². The Morgan fingerprint density at radius 2 is 1.74 bits per heavy atom. The first-order chi connectivity index (χ1) is 10.8. The third-order valence-corrected chi connectivity index (χ3v) is 5.12. The van der Waals surface area contributed by atoms with E-state index in [1.54, 1.807) is 6.92 Å². The van der Waals surface area contributed by atoms with Crippen LogP contribution in [0.25, 0.3) is 0 Å². The second-order valence-electron chi connectivity index (χ2n) is 5.71. The van der Waals surface area contributed by atoms with Crippen molar-refractivity contribution >= 4 is 23.2 Å². The SMILES string of the molecule is CC[C@H]1O[C@@](CCl)(O[C@H]2O[C@H](CO)[C@H](Cl)[C@H](O)[C@H]2O)[C@@H](O)[C@@H]1O. The van der Waals surface area contributed by atoms with Crippen LogP contribution in [0.15, 0.2) is 0 Å². The lowest BCUT2D eigenvalue weighted by Gasteiger charge is -2.43. The molecule has 0 aromatic rings. The number of halogens is 2. The van der Waals surface area contributed by atoms with Crippen molar-refractivity contribution in [2.45, 2.75) is 67.4 Å². The van der Waals surface area contributed by atoms with E-state index in [9.17, 15) is 25.5 Å². The average molecular weight is 377 g/mol. The standard InChI is InChI=1S/C13H22Cl2O8/c1-2-5-8(17)11(20)13(4-14,22-5)23-12-10(19)9(18)7(15)6(3-16)21-12/h5-12,16-20H,2-4H2,1H3/t5-,6-,7+,8-,9+,10-,11+,12-,13+/m1/s1. The molecule has 9 atom stereocenters. The molecular weight excluding hydrogens is 355 g/mol. The third kappa shape index (κ3) is 3.48. The third-order valence-electron chi connectivity index (χ3n) is 4.21. The van der Waals surface area contributed by atoms with Gasteiger partial charge >= 0.3 is 0 Å². The van der Waals surface area contributed by atoms with Crippen molar-refractivity contribution in [3.05, 3.63) is 0 Å². The van der Waals surface area contributed by atoms with E-state index in [-0.39, 0.29) is 5.88 Å². The number of ether oxygens (including phenoxy) is 3. The molecule has 0 spiro atoms. The second-order valence-corrected chi connectivity index (χ2v) is 6.49. The van der Waals surface area contributed by atoms with Crippen LogP contribution in [0.5, 0.6) is 0 Å². The fourth-order valence-electron chi connectivity index (χ4n) is 2.76. The summed E-state index contributed by atoms with van der Waals surface area (Å²) in [5, 5.41) is 48.4. The summed E-state index contributed by atoms with van der Waals surface area (Å²) in [7, 11) is 0. The van der Waals surface area contributed by atoms with E-state index in [1.807, 2.05) is 0 Å². The molecule has 0 bridgehead atoms. The highest BCUT2D eigenvalue weighted by Crippen LogP contribution is 2.38. The summed E-state index contributed by atoms with van der Waals surface area (Å²) in [4.78, 5) is 0. The highest BCUT2D eigenvalue weighted by Gasteiger charge is 2.57. The van der Waals surface area contributed by atoms with Crippen LogP contribution in [0, 0.1) is 0 Å². The number of rotatable bonds is 5. The summed E-state index contributed by atoms with van der Waals surface area (Å²) in [6.45, 7) is 1.25. The maximum atomic E-state index is 10.2. The normalized spacial score (nSPS) is 51.1. The summed E-state index contributed by atoms with van der Waals surface area (Å²) < 4.78 is 16.4. The van der Waals surface area contributed by atoms with Gasteiger partial charge in [-0.2, -0.15) is 0 Å². The minimum absolute atomic E-state index is 0.349. The number of hydrogen-bond donors (Lipinski definition) is 5. The first-order valence-corrected chi connectivity index (χ1v) is 8.32. The molecule has 2 heterocycles. The van der Waals surface area contributed by atoms with Gasteiger partial charge in [0.25, 0.3) is 0 Å². The highest BCUT2D eigenvalue weighted by molar-refractivity contribution is 6.21. The fourth-order valence-corrected chi connectivity index (χ4v) is 3.33. The van der Waals surface area contributed by atoms with Crippen molar-refractivity contribution < 1.29 is 39.7 Å². The van der Waals surface area contributed by atoms with Crippen molar-refractivity contribution in [1.29, 1.82) is 0 Å². The van der Waals surface area contributed by atoms with E-state index in [1.165, 1.54) is 0 Å². The van der Waals surface area contributed by atoms with Gasteiger partial charge in [-0.3, -0.25) is 0 Å². The molecule has 2 fully saturated rings. The van der Waals surface area contributed by atoms with Gasteiger partial charge in [-0.05, 0) is 6.42 Å². The molecule has 5 N–H and O–H groups in total. The Balaban J connectivity index is 2.18. The van der Waals surface area contributed by atoms with Crippen LogP contribution >= 0.6 is 23.2 Å². The van der Waals surface area contributed by atoms with Crippen molar-refractivity contribution in [2.75, 3.05) is 12.5 Å². The molecule has 0 saturated carbocycles. The maximum Gasteiger partial charge on any atom is 0.214 e. The molecule has 2 aliphatic heterocycles. The molecule has 2 saturated heterocycles. The lowest BCUT2D eigenvalue weighted by atomic mass is 10.0. The number of alkyl halides is 2. The Labute approximate surface area is 143 Å². The van der Waals surface area contributed by atoms with Crippen LogP contribution in [0.2, 0.25) is 0 Å². The quantitative estimate of drug-likeness (QED) is 0.367. The molecule has 0 radical (unpaired) electrons. The summed E-state index contributed by atoms with van der Waals surface area (Å²) in [6, 6.07) is 0.